The fourth-order valence-electron chi connectivity index (χ4n) is 2.05. The number of amides is 1. The molecule has 0 unspecified atom stereocenters. The summed E-state index contributed by atoms with van der Waals surface area (Å²) in [5, 5.41) is 16.1. The Bertz CT molecular complexity index is 227. The number of hydrogen-bond acceptors (Lipinski definition) is 4. The molecule has 0 aromatic carbocycles. The number of carbonyl (C=O) groups is 1. The van der Waals surface area contributed by atoms with E-state index in [4.69, 9.17) is 0 Å². The minimum absolute atomic E-state index is 0.0455. The predicted octanol–water partition coefficient (Wildman–Crippen LogP) is -0.831. The van der Waals surface area contributed by atoms with Crippen LogP contribution in [0.3, 0.4) is 0 Å². The van der Waals surface area contributed by atoms with Gasteiger partial charge < -0.3 is 20.6 Å². The maximum absolute atomic E-state index is 11.1. The van der Waals surface area contributed by atoms with E-state index in [0.717, 1.165) is 25.9 Å². The van der Waals surface area contributed by atoms with Crippen LogP contribution in [0.2, 0.25) is 0 Å². The van der Waals surface area contributed by atoms with E-state index in [-0.39, 0.29) is 5.91 Å². The SMILES string of the molecule is CNC(=O)CCN(C)CC1(O)CCNCC1. The molecule has 0 saturated carbocycles. The number of piperidine rings is 1. The van der Waals surface area contributed by atoms with Gasteiger partial charge in [0.2, 0.25) is 5.91 Å². The third-order valence-corrected chi connectivity index (χ3v) is 3.10. The monoisotopic (exact) mass is 229 g/mol. The van der Waals surface area contributed by atoms with Gasteiger partial charge in [-0.25, -0.2) is 0 Å². The largest absolute Gasteiger partial charge is 0.388 e. The molecule has 0 aliphatic carbocycles. The van der Waals surface area contributed by atoms with Crippen LogP contribution in [0.1, 0.15) is 19.3 Å². The number of likely N-dealkylation sites (N-methyl/N-ethyl adjacent to an activating group) is 1. The molecule has 0 aromatic heterocycles. The molecule has 3 N–H and O–H groups in total. The van der Waals surface area contributed by atoms with Crippen molar-refractivity contribution in [3.05, 3.63) is 0 Å². The van der Waals surface area contributed by atoms with Gasteiger partial charge in [-0.1, -0.05) is 0 Å². The Balaban J connectivity index is 2.26. The average Bonchev–Trinajstić information content (AvgIpc) is 2.26. The molecule has 5 heteroatoms. The van der Waals surface area contributed by atoms with Crippen molar-refractivity contribution in [3.63, 3.8) is 0 Å². The summed E-state index contributed by atoms with van der Waals surface area (Å²) in [6, 6.07) is 0. The summed E-state index contributed by atoms with van der Waals surface area (Å²) in [5.74, 6) is 0.0455. The summed E-state index contributed by atoms with van der Waals surface area (Å²) in [6.07, 6.45) is 2.07. The van der Waals surface area contributed by atoms with E-state index < -0.39 is 5.60 Å². The normalized spacial score (nSPS) is 19.8. The van der Waals surface area contributed by atoms with Crippen LogP contribution in [0.15, 0.2) is 0 Å². The first kappa shape index (κ1) is 13.4. The molecule has 0 atom stereocenters. The number of aliphatic hydroxyl groups is 1. The van der Waals surface area contributed by atoms with Crippen molar-refractivity contribution in [2.24, 2.45) is 0 Å². The fraction of sp³-hybridized carbons (Fsp3) is 0.909. The minimum Gasteiger partial charge on any atom is -0.388 e. The molecule has 1 aliphatic heterocycles. The minimum atomic E-state index is -0.581. The van der Waals surface area contributed by atoms with E-state index in [1.807, 2.05) is 11.9 Å². The molecule has 1 fully saturated rings. The van der Waals surface area contributed by atoms with Gasteiger partial charge in [0.05, 0.1) is 5.60 Å². The van der Waals surface area contributed by atoms with Gasteiger partial charge in [-0.2, -0.15) is 0 Å². The van der Waals surface area contributed by atoms with Gasteiger partial charge >= 0.3 is 0 Å². The standard InChI is InChI=1S/C11H23N3O2/c1-12-10(15)3-8-14(2)9-11(16)4-6-13-7-5-11/h13,16H,3-9H2,1-2H3,(H,12,15). The van der Waals surface area contributed by atoms with Gasteiger partial charge in [0, 0.05) is 26.6 Å². The first-order valence-electron chi connectivity index (χ1n) is 5.88. The molecule has 0 spiro atoms. The van der Waals surface area contributed by atoms with Crippen molar-refractivity contribution in [2.75, 3.05) is 40.3 Å². The Morgan fingerprint density at radius 1 is 1.50 bits per heavy atom. The van der Waals surface area contributed by atoms with Gasteiger partial charge in [0.25, 0.3) is 0 Å². The first-order valence-corrected chi connectivity index (χ1v) is 5.88. The molecule has 0 aromatic rings. The van der Waals surface area contributed by atoms with Crippen LogP contribution in [0.5, 0.6) is 0 Å². The summed E-state index contributed by atoms with van der Waals surface area (Å²) < 4.78 is 0. The van der Waals surface area contributed by atoms with Crippen LogP contribution in [-0.4, -0.2) is 61.8 Å². The number of nitrogens with zero attached hydrogens (tertiary/aromatic N) is 1. The fourth-order valence-corrected chi connectivity index (χ4v) is 2.05. The number of hydrogen-bond donors (Lipinski definition) is 3. The maximum atomic E-state index is 11.1. The molecule has 1 saturated heterocycles. The Kier molecular flexibility index (Phi) is 5.18. The highest BCUT2D eigenvalue weighted by Gasteiger charge is 2.30. The molecule has 5 nitrogen and oxygen atoms in total. The van der Waals surface area contributed by atoms with E-state index >= 15 is 0 Å². The van der Waals surface area contributed by atoms with E-state index in [2.05, 4.69) is 10.6 Å². The number of nitrogens with one attached hydrogen (secondary N) is 2. The summed E-state index contributed by atoms with van der Waals surface area (Å²) in [7, 11) is 3.59. The molecular formula is C11H23N3O2. The van der Waals surface area contributed by atoms with Crippen LogP contribution in [0.25, 0.3) is 0 Å². The van der Waals surface area contributed by atoms with Crippen LogP contribution < -0.4 is 10.6 Å². The van der Waals surface area contributed by atoms with Crippen LogP contribution in [0.4, 0.5) is 0 Å². The number of carbonyl (C=O) groups excluding carboxylic acids is 1. The zero-order valence-corrected chi connectivity index (χ0v) is 10.3. The molecule has 0 radical (unpaired) electrons. The van der Waals surface area contributed by atoms with Crippen molar-refractivity contribution >= 4 is 5.91 Å². The summed E-state index contributed by atoms with van der Waals surface area (Å²) in [6.45, 7) is 3.08. The predicted molar refractivity (Wildman–Crippen MR) is 63.2 cm³/mol. The molecule has 1 heterocycles. The van der Waals surface area contributed by atoms with Gasteiger partial charge in [-0.3, -0.25) is 4.79 Å². The van der Waals surface area contributed by atoms with Crippen molar-refractivity contribution in [1.29, 1.82) is 0 Å². The highest BCUT2D eigenvalue weighted by molar-refractivity contribution is 5.75. The van der Waals surface area contributed by atoms with Crippen molar-refractivity contribution in [3.8, 4) is 0 Å². The van der Waals surface area contributed by atoms with E-state index in [9.17, 15) is 9.90 Å². The van der Waals surface area contributed by atoms with E-state index in [1.54, 1.807) is 7.05 Å². The smallest absolute Gasteiger partial charge is 0.221 e. The Hall–Kier alpha value is -0.650. The van der Waals surface area contributed by atoms with Gasteiger partial charge in [0.15, 0.2) is 0 Å². The second-order valence-electron chi connectivity index (χ2n) is 4.64. The Morgan fingerprint density at radius 2 is 2.12 bits per heavy atom. The molecule has 1 aliphatic rings. The third-order valence-electron chi connectivity index (χ3n) is 3.10. The molecule has 1 rings (SSSR count). The van der Waals surface area contributed by atoms with E-state index in [0.29, 0.717) is 19.5 Å². The van der Waals surface area contributed by atoms with Crippen molar-refractivity contribution < 1.29 is 9.90 Å². The van der Waals surface area contributed by atoms with E-state index in [1.165, 1.54) is 0 Å². The van der Waals surface area contributed by atoms with Gasteiger partial charge in [0.1, 0.15) is 0 Å². The van der Waals surface area contributed by atoms with Crippen molar-refractivity contribution in [1.82, 2.24) is 15.5 Å². The lowest BCUT2D eigenvalue weighted by Crippen LogP contribution is -2.49. The lowest BCUT2D eigenvalue weighted by Gasteiger charge is -2.35. The highest BCUT2D eigenvalue weighted by atomic mass is 16.3. The Labute approximate surface area is 97.2 Å². The molecule has 0 bridgehead atoms. The second-order valence-corrected chi connectivity index (χ2v) is 4.64. The molecule has 16 heavy (non-hydrogen) atoms. The zero-order valence-electron chi connectivity index (χ0n) is 10.3. The van der Waals surface area contributed by atoms with Crippen LogP contribution in [-0.2, 0) is 4.79 Å². The summed E-state index contributed by atoms with van der Waals surface area (Å²) in [5.41, 5.74) is -0.581. The van der Waals surface area contributed by atoms with Crippen LogP contribution in [0, 0.1) is 0 Å². The maximum Gasteiger partial charge on any atom is 0.221 e. The summed E-state index contributed by atoms with van der Waals surface area (Å²) in [4.78, 5) is 13.1. The molecular weight excluding hydrogens is 206 g/mol. The van der Waals surface area contributed by atoms with Crippen molar-refractivity contribution in [2.45, 2.75) is 24.9 Å². The average molecular weight is 229 g/mol. The number of rotatable bonds is 5. The quantitative estimate of drug-likeness (QED) is 0.576. The van der Waals surface area contributed by atoms with Crippen LogP contribution >= 0.6 is 0 Å². The van der Waals surface area contributed by atoms with Gasteiger partial charge in [-0.15, -0.1) is 0 Å². The first-order chi connectivity index (χ1) is 7.56. The molecule has 94 valence electrons. The molecule has 1 amide bonds. The van der Waals surface area contributed by atoms with Gasteiger partial charge in [-0.05, 0) is 33.0 Å². The lowest BCUT2D eigenvalue weighted by molar-refractivity contribution is -0.121. The topological polar surface area (TPSA) is 64.6 Å². The Morgan fingerprint density at radius 3 is 2.69 bits per heavy atom. The summed E-state index contributed by atoms with van der Waals surface area (Å²) >= 11 is 0. The zero-order chi connectivity index (χ0) is 12.0. The lowest BCUT2D eigenvalue weighted by atomic mass is 9.92. The highest BCUT2D eigenvalue weighted by Crippen LogP contribution is 2.18. The second kappa shape index (κ2) is 6.18. The third kappa shape index (κ3) is 4.47.